The first kappa shape index (κ1) is 17.7. The second-order valence-corrected chi connectivity index (χ2v) is 7.88. The van der Waals surface area contributed by atoms with Gasteiger partial charge in [-0.2, -0.15) is 0 Å². The molecule has 1 aliphatic rings. The fraction of sp³-hybridized carbons (Fsp3) is 0.600. The van der Waals surface area contributed by atoms with E-state index in [9.17, 15) is 8.42 Å². The summed E-state index contributed by atoms with van der Waals surface area (Å²) in [5.74, 6) is -0.0120. The van der Waals surface area contributed by atoms with E-state index in [4.69, 9.17) is 16.3 Å². The van der Waals surface area contributed by atoms with E-state index in [1.54, 1.807) is 6.92 Å². The number of nitrogens with zero attached hydrogens (tertiary/aromatic N) is 1. The molecule has 0 unspecified atom stereocenters. The molecule has 0 saturated heterocycles. The highest BCUT2D eigenvalue weighted by Gasteiger charge is 2.19. The molecule has 22 heavy (non-hydrogen) atoms. The highest BCUT2D eigenvalue weighted by atomic mass is 35.5. The number of nitrogens with one attached hydrogen (secondary N) is 1. The van der Waals surface area contributed by atoms with E-state index in [0.29, 0.717) is 13.1 Å². The molecular weight excluding hydrogens is 324 g/mol. The van der Waals surface area contributed by atoms with Gasteiger partial charge in [-0.15, -0.1) is 0 Å². The Morgan fingerprint density at radius 1 is 1.45 bits per heavy atom. The summed E-state index contributed by atoms with van der Waals surface area (Å²) < 4.78 is 31.3. The lowest BCUT2D eigenvalue weighted by atomic mass is 10.00. The summed E-state index contributed by atoms with van der Waals surface area (Å²) >= 11 is 6.19. The SMILES string of the molecule is CO[C@H](C)CS(=O)(=O)NCCN1CCc2c(Cl)cccc2C1. The Morgan fingerprint density at radius 2 is 2.23 bits per heavy atom. The lowest BCUT2D eigenvalue weighted by molar-refractivity contribution is 0.136. The van der Waals surface area contributed by atoms with E-state index >= 15 is 0 Å². The van der Waals surface area contributed by atoms with Crippen molar-refractivity contribution in [2.45, 2.75) is 26.0 Å². The zero-order valence-corrected chi connectivity index (χ0v) is 14.6. The molecule has 0 spiro atoms. The molecule has 0 aliphatic carbocycles. The minimum absolute atomic E-state index is 0.0120. The van der Waals surface area contributed by atoms with Crippen molar-refractivity contribution in [2.24, 2.45) is 0 Å². The summed E-state index contributed by atoms with van der Waals surface area (Å²) in [6, 6.07) is 5.96. The van der Waals surface area contributed by atoms with Crippen molar-refractivity contribution in [3.05, 3.63) is 34.3 Å². The van der Waals surface area contributed by atoms with Gasteiger partial charge in [0, 0.05) is 38.3 Å². The summed E-state index contributed by atoms with van der Waals surface area (Å²) in [5.41, 5.74) is 2.45. The first-order valence-corrected chi connectivity index (χ1v) is 9.43. The second-order valence-electron chi connectivity index (χ2n) is 5.63. The van der Waals surface area contributed by atoms with Crippen LogP contribution in [0.1, 0.15) is 18.1 Å². The minimum atomic E-state index is -3.28. The van der Waals surface area contributed by atoms with Crippen molar-refractivity contribution in [1.82, 2.24) is 9.62 Å². The fourth-order valence-electron chi connectivity index (χ4n) is 2.61. The summed E-state index contributed by atoms with van der Waals surface area (Å²) in [6.45, 7) is 4.55. The van der Waals surface area contributed by atoms with Crippen LogP contribution in [0.4, 0.5) is 0 Å². The predicted molar refractivity (Wildman–Crippen MR) is 88.7 cm³/mol. The van der Waals surface area contributed by atoms with Crippen molar-refractivity contribution >= 4 is 21.6 Å². The average Bonchev–Trinajstić information content (AvgIpc) is 2.46. The number of methoxy groups -OCH3 is 1. The molecule has 0 aromatic heterocycles. The van der Waals surface area contributed by atoms with Crippen LogP contribution in [0.3, 0.4) is 0 Å². The number of sulfonamides is 1. The van der Waals surface area contributed by atoms with Gasteiger partial charge in [0.2, 0.25) is 10.0 Å². The van der Waals surface area contributed by atoms with Gasteiger partial charge in [0.05, 0.1) is 11.9 Å². The molecule has 1 aromatic carbocycles. The van der Waals surface area contributed by atoms with Gasteiger partial charge in [0.1, 0.15) is 0 Å². The summed E-state index contributed by atoms with van der Waals surface area (Å²) in [6.07, 6.45) is 0.601. The number of ether oxygens (including phenoxy) is 1. The van der Waals surface area contributed by atoms with Crippen molar-refractivity contribution in [1.29, 1.82) is 0 Å². The Labute approximate surface area is 137 Å². The Morgan fingerprint density at radius 3 is 2.95 bits per heavy atom. The number of fused-ring (bicyclic) bond motifs is 1. The molecule has 1 atom stereocenters. The molecule has 1 heterocycles. The normalized spacial score (nSPS) is 17.2. The first-order valence-electron chi connectivity index (χ1n) is 7.40. The van der Waals surface area contributed by atoms with Crippen molar-refractivity contribution < 1.29 is 13.2 Å². The fourth-order valence-corrected chi connectivity index (χ4v) is 4.17. The second kappa shape index (κ2) is 7.75. The van der Waals surface area contributed by atoms with E-state index in [1.807, 2.05) is 12.1 Å². The van der Waals surface area contributed by atoms with Gasteiger partial charge in [-0.1, -0.05) is 23.7 Å². The molecule has 0 saturated carbocycles. The van der Waals surface area contributed by atoms with Crippen LogP contribution < -0.4 is 4.72 Å². The molecule has 1 aliphatic heterocycles. The van der Waals surface area contributed by atoms with Gasteiger partial charge in [-0.25, -0.2) is 13.1 Å². The highest BCUT2D eigenvalue weighted by Crippen LogP contribution is 2.25. The van der Waals surface area contributed by atoms with E-state index in [0.717, 1.165) is 24.5 Å². The molecule has 0 radical (unpaired) electrons. The van der Waals surface area contributed by atoms with Crippen LogP contribution in [-0.4, -0.2) is 51.9 Å². The zero-order chi connectivity index (χ0) is 16.2. The Bertz CT molecular complexity index is 607. The molecule has 0 bridgehead atoms. The van der Waals surface area contributed by atoms with E-state index < -0.39 is 10.0 Å². The van der Waals surface area contributed by atoms with Crippen LogP contribution >= 0.6 is 11.6 Å². The molecule has 7 heteroatoms. The maximum atomic E-state index is 11.9. The Balaban J connectivity index is 1.82. The summed E-state index contributed by atoms with van der Waals surface area (Å²) in [7, 11) is -1.77. The molecule has 1 N–H and O–H groups in total. The number of hydrogen-bond acceptors (Lipinski definition) is 4. The zero-order valence-electron chi connectivity index (χ0n) is 13.0. The Hall–Kier alpha value is -0.660. The number of halogens is 1. The van der Waals surface area contributed by atoms with Crippen LogP contribution in [-0.2, 0) is 27.7 Å². The highest BCUT2D eigenvalue weighted by molar-refractivity contribution is 7.89. The largest absolute Gasteiger partial charge is 0.381 e. The molecule has 1 aromatic rings. The van der Waals surface area contributed by atoms with Crippen LogP contribution in [0.15, 0.2) is 18.2 Å². The van der Waals surface area contributed by atoms with Crippen LogP contribution in [0, 0.1) is 0 Å². The van der Waals surface area contributed by atoms with Gasteiger partial charge >= 0.3 is 0 Å². The van der Waals surface area contributed by atoms with Crippen LogP contribution in [0.5, 0.6) is 0 Å². The van der Waals surface area contributed by atoms with E-state index in [2.05, 4.69) is 15.7 Å². The molecule has 0 fully saturated rings. The van der Waals surface area contributed by atoms with E-state index in [1.165, 1.54) is 18.2 Å². The lowest BCUT2D eigenvalue weighted by Gasteiger charge is -2.29. The topological polar surface area (TPSA) is 58.6 Å². The first-order chi connectivity index (χ1) is 10.4. The van der Waals surface area contributed by atoms with Crippen LogP contribution in [0.2, 0.25) is 5.02 Å². The standard InChI is InChI=1S/C15H23ClN2O3S/c1-12(21-2)11-22(19,20)17-7-9-18-8-6-14-13(10-18)4-3-5-15(14)16/h3-5,12,17H,6-11H2,1-2H3/t12-/m1/s1. The lowest BCUT2D eigenvalue weighted by Crippen LogP contribution is -2.39. The predicted octanol–water partition coefficient (Wildman–Crippen LogP) is 1.65. The van der Waals surface area contributed by atoms with Crippen LogP contribution in [0.25, 0.3) is 0 Å². The van der Waals surface area contributed by atoms with Gasteiger partial charge in [-0.3, -0.25) is 4.90 Å². The number of hydrogen-bond donors (Lipinski definition) is 1. The Kier molecular flexibility index (Phi) is 6.23. The quantitative estimate of drug-likeness (QED) is 0.815. The number of rotatable bonds is 7. The third-order valence-electron chi connectivity index (χ3n) is 3.89. The smallest absolute Gasteiger partial charge is 0.214 e. The molecule has 2 rings (SSSR count). The van der Waals surface area contributed by atoms with Gasteiger partial charge in [-0.05, 0) is 30.5 Å². The molecule has 124 valence electrons. The monoisotopic (exact) mass is 346 g/mol. The summed E-state index contributed by atoms with van der Waals surface area (Å²) in [4.78, 5) is 2.24. The summed E-state index contributed by atoms with van der Waals surface area (Å²) in [5, 5.41) is 0.825. The third-order valence-corrected chi connectivity index (χ3v) is 5.80. The van der Waals surface area contributed by atoms with Gasteiger partial charge < -0.3 is 4.74 Å². The van der Waals surface area contributed by atoms with Crippen molar-refractivity contribution in [3.8, 4) is 0 Å². The third kappa shape index (κ3) is 4.93. The van der Waals surface area contributed by atoms with Crippen molar-refractivity contribution in [2.75, 3.05) is 32.5 Å². The number of benzene rings is 1. The van der Waals surface area contributed by atoms with Crippen molar-refractivity contribution in [3.63, 3.8) is 0 Å². The van der Waals surface area contributed by atoms with Gasteiger partial charge in [0.15, 0.2) is 0 Å². The minimum Gasteiger partial charge on any atom is -0.381 e. The average molecular weight is 347 g/mol. The van der Waals surface area contributed by atoms with E-state index in [-0.39, 0.29) is 11.9 Å². The molecule has 5 nitrogen and oxygen atoms in total. The molecule has 0 amide bonds. The maximum Gasteiger partial charge on any atom is 0.214 e. The maximum absolute atomic E-state index is 11.9. The van der Waals surface area contributed by atoms with Gasteiger partial charge in [0.25, 0.3) is 0 Å². The molecular formula is C15H23ClN2O3S.